The van der Waals surface area contributed by atoms with Crippen LogP contribution in [0.15, 0.2) is 49.6 Å². The normalized spacial score (nSPS) is 28.8. The van der Waals surface area contributed by atoms with Crippen LogP contribution in [0.25, 0.3) is 0 Å². The summed E-state index contributed by atoms with van der Waals surface area (Å²) < 4.78 is -0.786. The van der Waals surface area contributed by atoms with Crippen molar-refractivity contribution in [3.63, 3.8) is 0 Å². The van der Waals surface area contributed by atoms with Crippen LogP contribution in [0, 0.1) is 11.8 Å². The lowest BCUT2D eigenvalue weighted by molar-refractivity contribution is -0.144. The zero-order chi connectivity index (χ0) is 30.1. The van der Waals surface area contributed by atoms with E-state index in [1.807, 2.05) is 31.2 Å². The first kappa shape index (κ1) is 31.6. The van der Waals surface area contributed by atoms with Crippen LogP contribution in [0.3, 0.4) is 0 Å². The summed E-state index contributed by atoms with van der Waals surface area (Å²) in [6.45, 7) is 16.0. The van der Waals surface area contributed by atoms with E-state index in [-0.39, 0.29) is 41.0 Å². The maximum Gasteiger partial charge on any atom is 0.251 e. The molecule has 0 radical (unpaired) electrons. The second-order valence-corrected chi connectivity index (χ2v) is 13.8. The van der Waals surface area contributed by atoms with Gasteiger partial charge in [0.1, 0.15) is 6.04 Å². The number of amides is 3. The van der Waals surface area contributed by atoms with E-state index in [0.717, 1.165) is 24.5 Å². The number of likely N-dealkylation sites (tertiary alicyclic amines) is 1. The molecule has 224 valence electrons. The molecule has 8 nitrogen and oxygen atoms in total. The molecule has 41 heavy (non-hydrogen) atoms. The zero-order valence-corrected chi connectivity index (χ0v) is 26.9. The second kappa shape index (κ2) is 12.9. The van der Waals surface area contributed by atoms with E-state index in [1.54, 1.807) is 45.7 Å². The number of nitrogens with zero attached hydrogens (tertiary/aromatic N) is 4. The fourth-order valence-electron chi connectivity index (χ4n) is 7.01. The minimum absolute atomic E-state index is 0.0201. The molecule has 1 aromatic carbocycles. The molecule has 3 aliphatic rings. The van der Waals surface area contributed by atoms with Crippen LogP contribution in [0.2, 0.25) is 0 Å². The number of carbonyl (C=O) groups is 3. The molecule has 4 rings (SSSR count). The van der Waals surface area contributed by atoms with Gasteiger partial charge in [-0.2, -0.15) is 0 Å². The summed E-state index contributed by atoms with van der Waals surface area (Å²) in [5.41, 5.74) is 1.80. The van der Waals surface area contributed by atoms with E-state index >= 15 is 0 Å². The Kier molecular flexibility index (Phi) is 9.96. The number of alkyl halides is 1. The standard InChI is InChI=1S/C31H43BrN4O4S/c1-7-16-33(6)28(38)24-25-29(39)36(20(9-3)19-37)27(31(25)18-23(32)26(24)41-31)30(40)35(17-8-2)22-14-12-21(13-15-22)34(10-4)11-5/h7-8,12-15,20,23-27,37H,1-2,9-11,16-19H2,3-6H3/t20-,23?,24+,25-,26+,27?,31?/m0/s1. The van der Waals surface area contributed by atoms with Crippen molar-refractivity contribution in [1.82, 2.24) is 9.80 Å². The third-order valence-corrected chi connectivity index (χ3v) is 12.2. The Labute approximate surface area is 256 Å². The second-order valence-electron chi connectivity index (χ2n) is 11.1. The summed E-state index contributed by atoms with van der Waals surface area (Å²) in [4.78, 5) is 50.0. The van der Waals surface area contributed by atoms with Gasteiger partial charge < -0.3 is 24.7 Å². The SMILES string of the molecule is C=CCN(C)C(=O)[C@H]1[C@@H]2SC3(CC2Br)C(C(=O)N(CC=C)c2ccc(N(CC)CC)cc2)N([C@@H](CC)CO)C(=O)[C@H]13. The van der Waals surface area contributed by atoms with Crippen molar-refractivity contribution in [3.8, 4) is 0 Å². The molecule has 0 aromatic heterocycles. The molecule has 1 aromatic rings. The highest BCUT2D eigenvalue weighted by atomic mass is 79.9. The Hall–Kier alpha value is -2.30. The highest BCUT2D eigenvalue weighted by Gasteiger charge is 2.76. The van der Waals surface area contributed by atoms with Crippen LogP contribution in [0.5, 0.6) is 0 Å². The van der Waals surface area contributed by atoms with E-state index < -0.39 is 28.7 Å². The van der Waals surface area contributed by atoms with Gasteiger partial charge in [0.2, 0.25) is 11.8 Å². The fraction of sp³-hybridized carbons (Fsp3) is 0.581. The third kappa shape index (κ3) is 5.25. The highest BCUT2D eigenvalue weighted by Crippen LogP contribution is 2.68. The van der Waals surface area contributed by atoms with Gasteiger partial charge >= 0.3 is 0 Å². The number of anilines is 2. The molecule has 2 bridgehead atoms. The highest BCUT2D eigenvalue weighted by molar-refractivity contribution is 9.09. The van der Waals surface area contributed by atoms with Crippen molar-refractivity contribution in [3.05, 3.63) is 49.6 Å². The van der Waals surface area contributed by atoms with E-state index in [4.69, 9.17) is 0 Å². The van der Waals surface area contributed by atoms with E-state index in [9.17, 15) is 19.5 Å². The Morgan fingerprint density at radius 2 is 1.73 bits per heavy atom. The number of thioether (sulfide) groups is 1. The minimum Gasteiger partial charge on any atom is -0.394 e. The first-order valence-electron chi connectivity index (χ1n) is 14.5. The predicted octanol–water partition coefficient (Wildman–Crippen LogP) is 3.93. The molecule has 1 N–H and O–H groups in total. The molecule has 7 atom stereocenters. The molecule has 3 saturated heterocycles. The average molecular weight is 648 g/mol. The molecule has 0 saturated carbocycles. The number of aliphatic hydroxyl groups excluding tert-OH is 1. The monoisotopic (exact) mass is 646 g/mol. The maximum absolute atomic E-state index is 14.8. The van der Waals surface area contributed by atoms with Crippen LogP contribution >= 0.6 is 27.7 Å². The Balaban J connectivity index is 1.79. The number of rotatable bonds is 13. The molecular formula is C31H43BrN4O4S. The quantitative estimate of drug-likeness (QED) is 0.258. The van der Waals surface area contributed by atoms with Crippen LogP contribution in [-0.4, -0.2) is 99.4 Å². The van der Waals surface area contributed by atoms with Crippen molar-refractivity contribution in [2.75, 3.05) is 49.6 Å². The molecule has 3 aliphatic heterocycles. The lowest BCUT2D eigenvalue weighted by Gasteiger charge is -2.40. The van der Waals surface area contributed by atoms with Gasteiger partial charge in [0, 0.05) is 54.7 Å². The molecular weight excluding hydrogens is 604 g/mol. The van der Waals surface area contributed by atoms with Crippen molar-refractivity contribution in [2.45, 2.75) is 60.5 Å². The predicted molar refractivity (Wildman–Crippen MR) is 171 cm³/mol. The topological polar surface area (TPSA) is 84.4 Å². The third-order valence-electron chi connectivity index (χ3n) is 8.97. The van der Waals surface area contributed by atoms with Gasteiger partial charge in [-0.1, -0.05) is 35.0 Å². The molecule has 1 spiro atoms. The number of likely N-dealkylation sites (N-methyl/N-ethyl adjacent to an activating group) is 1. The van der Waals surface area contributed by atoms with Crippen LogP contribution < -0.4 is 9.80 Å². The van der Waals surface area contributed by atoms with Crippen LogP contribution in [0.4, 0.5) is 11.4 Å². The van der Waals surface area contributed by atoms with Crippen molar-refractivity contribution >= 4 is 56.8 Å². The number of benzene rings is 1. The van der Waals surface area contributed by atoms with Crippen molar-refractivity contribution in [1.29, 1.82) is 0 Å². The number of hydrogen-bond acceptors (Lipinski definition) is 6. The van der Waals surface area contributed by atoms with Crippen LogP contribution in [-0.2, 0) is 14.4 Å². The van der Waals surface area contributed by atoms with Crippen molar-refractivity contribution in [2.24, 2.45) is 11.8 Å². The largest absolute Gasteiger partial charge is 0.394 e. The smallest absolute Gasteiger partial charge is 0.251 e. The lowest BCUT2D eigenvalue weighted by atomic mass is 9.70. The van der Waals surface area contributed by atoms with Crippen LogP contribution in [0.1, 0.15) is 33.6 Å². The number of fused-ring (bicyclic) bond motifs is 1. The van der Waals surface area contributed by atoms with Gasteiger partial charge in [0.15, 0.2) is 0 Å². The van der Waals surface area contributed by atoms with E-state index in [2.05, 4.69) is 47.8 Å². The van der Waals surface area contributed by atoms with E-state index in [1.165, 1.54) is 0 Å². The van der Waals surface area contributed by atoms with Gasteiger partial charge in [-0.3, -0.25) is 14.4 Å². The van der Waals surface area contributed by atoms with Gasteiger partial charge in [-0.25, -0.2) is 0 Å². The van der Waals surface area contributed by atoms with E-state index in [0.29, 0.717) is 19.4 Å². The maximum atomic E-state index is 14.8. The van der Waals surface area contributed by atoms with Gasteiger partial charge in [0.05, 0.1) is 29.2 Å². The number of carbonyl (C=O) groups excluding carboxylic acids is 3. The number of aliphatic hydroxyl groups is 1. The Morgan fingerprint density at radius 1 is 1.12 bits per heavy atom. The lowest BCUT2D eigenvalue weighted by Crippen LogP contribution is -2.58. The molecule has 10 heteroatoms. The van der Waals surface area contributed by atoms with Gasteiger partial charge in [-0.05, 0) is 51.0 Å². The van der Waals surface area contributed by atoms with Crippen molar-refractivity contribution < 1.29 is 19.5 Å². The zero-order valence-electron chi connectivity index (χ0n) is 24.5. The molecule has 3 fully saturated rings. The Morgan fingerprint density at radius 3 is 2.27 bits per heavy atom. The molecule has 3 amide bonds. The fourth-order valence-corrected chi connectivity index (χ4v) is 10.6. The molecule has 3 heterocycles. The minimum atomic E-state index is -0.822. The summed E-state index contributed by atoms with van der Waals surface area (Å²) in [6.07, 6.45) is 4.45. The number of halogens is 1. The number of hydrogen-bond donors (Lipinski definition) is 1. The first-order valence-corrected chi connectivity index (χ1v) is 16.3. The first-order chi connectivity index (χ1) is 19.6. The molecule has 3 unspecified atom stereocenters. The summed E-state index contributed by atoms with van der Waals surface area (Å²) in [6, 6.07) is 6.57. The summed E-state index contributed by atoms with van der Waals surface area (Å²) in [7, 11) is 1.73. The Bertz CT molecular complexity index is 1160. The summed E-state index contributed by atoms with van der Waals surface area (Å²) >= 11 is 5.43. The van der Waals surface area contributed by atoms with Gasteiger partial charge in [0.25, 0.3) is 5.91 Å². The summed E-state index contributed by atoms with van der Waals surface area (Å²) in [5, 5.41) is 10.2. The summed E-state index contributed by atoms with van der Waals surface area (Å²) in [5.74, 6) is -1.72. The molecule has 0 aliphatic carbocycles. The van der Waals surface area contributed by atoms with Gasteiger partial charge in [-0.15, -0.1) is 24.9 Å². The average Bonchev–Trinajstić information content (AvgIpc) is 3.56.